The van der Waals surface area contributed by atoms with Gasteiger partial charge < -0.3 is 24.7 Å². The average molecular weight is 449 g/mol. The molecule has 0 bridgehead atoms. The number of rotatable bonds is 13. The van der Waals surface area contributed by atoms with Crippen molar-refractivity contribution in [1.29, 1.82) is 0 Å². The lowest BCUT2D eigenvalue weighted by Gasteiger charge is -2.12. The molecule has 0 aromatic heterocycles. The normalized spacial score (nSPS) is 15.1. The maximum atomic E-state index is 11.3. The summed E-state index contributed by atoms with van der Waals surface area (Å²) in [4.78, 5) is 26.2. The van der Waals surface area contributed by atoms with Gasteiger partial charge in [0, 0.05) is 6.54 Å². The fourth-order valence-electron chi connectivity index (χ4n) is 2.28. The van der Waals surface area contributed by atoms with Crippen LogP contribution < -0.4 is 10.1 Å². The van der Waals surface area contributed by atoms with Crippen molar-refractivity contribution in [3.05, 3.63) is 47.6 Å². The van der Waals surface area contributed by atoms with Crippen molar-refractivity contribution in [2.75, 3.05) is 25.1 Å². The minimum atomic E-state index is -5.10. The molecule has 1 atom stereocenters. The molecular weight excluding hydrogens is 420 g/mol. The Kier molecular flexibility index (Phi) is 10.9. The van der Waals surface area contributed by atoms with E-state index >= 15 is 0 Å². The topological polar surface area (TPSA) is 135 Å². The van der Waals surface area contributed by atoms with Crippen LogP contribution in [0.25, 0.3) is 0 Å². The number of phosphoric ester groups is 1. The third-order valence-corrected chi connectivity index (χ3v) is 5.81. The molecule has 0 saturated heterocycles. The molecule has 1 aromatic carbocycles. The lowest BCUT2D eigenvalue weighted by atomic mass is 10.1. The largest absolute Gasteiger partial charge is 0.492 e. The number of hydrogen-bond donors (Lipinski definition) is 4. The first-order valence-electron chi connectivity index (χ1n) is 9.03. The second-order valence-corrected chi connectivity index (χ2v) is 9.09. The van der Waals surface area contributed by atoms with Gasteiger partial charge >= 0.3 is 15.6 Å². The zero-order valence-corrected chi connectivity index (χ0v) is 18.6. The van der Waals surface area contributed by atoms with Crippen LogP contribution in [-0.4, -0.2) is 34.4 Å². The number of nitrogens with one attached hydrogen (secondary N) is 1. The van der Waals surface area contributed by atoms with Gasteiger partial charge in [-0.1, -0.05) is 35.4 Å². The molecule has 0 radical (unpaired) electrons. The van der Waals surface area contributed by atoms with Crippen molar-refractivity contribution < 1.29 is 37.4 Å². The minimum absolute atomic E-state index is 0.294. The molecule has 0 amide bonds. The molecule has 1 unspecified atom stereocenters. The molecule has 1 rings (SSSR count). The third-order valence-electron chi connectivity index (χ3n) is 3.66. The predicted octanol–water partition coefficient (Wildman–Crippen LogP) is 4.40. The second kappa shape index (κ2) is 12.3. The summed E-state index contributed by atoms with van der Waals surface area (Å²) in [6.07, 6.45) is 5.11. The van der Waals surface area contributed by atoms with E-state index in [1.807, 2.05) is 45.0 Å². The van der Waals surface area contributed by atoms with E-state index in [0.29, 0.717) is 19.6 Å². The molecule has 0 spiro atoms. The standard InChI is InChI=1S/C18H29NO8P2/c1-4-25-18-11-6-5-10-17(18)19-14-16(3)9-7-8-15(2)12-13-26-29(23,24)27-28(20,21)22/h5-6,9-12,19H,4,7-8,13-14H2,1-3H3,(H,23,24)(H2,20,21,22)/b15-12+,16-9+. The maximum Gasteiger partial charge on any atom is 0.481 e. The molecule has 0 saturated carbocycles. The lowest BCUT2D eigenvalue weighted by Crippen LogP contribution is -2.05. The molecule has 29 heavy (non-hydrogen) atoms. The average Bonchev–Trinajstić information content (AvgIpc) is 2.59. The van der Waals surface area contributed by atoms with Gasteiger partial charge in [-0.25, -0.2) is 9.13 Å². The summed E-state index contributed by atoms with van der Waals surface area (Å²) in [5.74, 6) is 0.811. The first-order valence-corrected chi connectivity index (χ1v) is 12.1. The van der Waals surface area contributed by atoms with Crippen LogP contribution in [-0.2, 0) is 18.0 Å². The van der Waals surface area contributed by atoms with Gasteiger partial charge in [0.2, 0.25) is 0 Å². The fourth-order valence-corrected chi connectivity index (χ4v) is 3.81. The van der Waals surface area contributed by atoms with Crippen molar-refractivity contribution in [1.82, 2.24) is 0 Å². The molecular formula is C18H29NO8P2. The number of phosphoric acid groups is 2. The highest BCUT2D eigenvalue weighted by atomic mass is 31.3. The van der Waals surface area contributed by atoms with Crippen LogP contribution in [0.3, 0.4) is 0 Å². The van der Waals surface area contributed by atoms with Crippen LogP contribution >= 0.6 is 15.6 Å². The Morgan fingerprint density at radius 2 is 1.79 bits per heavy atom. The molecule has 164 valence electrons. The molecule has 11 heteroatoms. The van der Waals surface area contributed by atoms with Gasteiger partial charge in [0.1, 0.15) is 5.75 Å². The fraction of sp³-hybridized carbons (Fsp3) is 0.444. The Morgan fingerprint density at radius 3 is 2.45 bits per heavy atom. The molecule has 0 aliphatic heterocycles. The molecule has 9 nitrogen and oxygen atoms in total. The van der Waals surface area contributed by atoms with Crippen LogP contribution in [0.15, 0.2) is 47.6 Å². The molecule has 0 heterocycles. The molecule has 0 aliphatic rings. The highest BCUT2D eigenvalue weighted by molar-refractivity contribution is 7.60. The Hall–Kier alpha value is -1.44. The van der Waals surface area contributed by atoms with Gasteiger partial charge in [-0.3, -0.25) is 4.52 Å². The van der Waals surface area contributed by atoms with E-state index in [0.717, 1.165) is 29.0 Å². The van der Waals surface area contributed by atoms with E-state index in [-0.39, 0.29) is 6.61 Å². The lowest BCUT2D eigenvalue weighted by molar-refractivity contribution is 0.191. The Bertz CT molecular complexity index is 803. The van der Waals surface area contributed by atoms with Crippen LogP contribution in [0, 0.1) is 0 Å². The Morgan fingerprint density at radius 1 is 1.10 bits per heavy atom. The summed E-state index contributed by atoms with van der Waals surface area (Å²) in [6.45, 7) is 6.75. The van der Waals surface area contributed by atoms with Crippen molar-refractivity contribution >= 4 is 21.3 Å². The summed E-state index contributed by atoms with van der Waals surface area (Å²) in [5, 5.41) is 3.34. The SMILES string of the molecule is CCOc1ccccc1NC/C(C)=C/CC/C(C)=C/COP(=O)(O)OP(=O)(O)O. The highest BCUT2D eigenvalue weighted by Crippen LogP contribution is 2.57. The molecule has 4 N–H and O–H groups in total. The molecule has 1 aromatic rings. The Labute approximate surface area is 171 Å². The first kappa shape index (κ1) is 25.6. The number of ether oxygens (including phenoxy) is 1. The van der Waals surface area contributed by atoms with E-state index in [4.69, 9.17) is 14.5 Å². The van der Waals surface area contributed by atoms with Crippen LogP contribution in [0.4, 0.5) is 5.69 Å². The zero-order chi connectivity index (χ0) is 21.9. The van der Waals surface area contributed by atoms with Crippen molar-refractivity contribution in [2.45, 2.75) is 33.6 Å². The van der Waals surface area contributed by atoms with Gasteiger partial charge in [-0.05, 0) is 45.7 Å². The first-order chi connectivity index (χ1) is 13.5. The van der Waals surface area contributed by atoms with Gasteiger partial charge in [-0.2, -0.15) is 4.31 Å². The van der Waals surface area contributed by atoms with Crippen LogP contribution in [0.1, 0.15) is 33.6 Å². The minimum Gasteiger partial charge on any atom is -0.492 e. The van der Waals surface area contributed by atoms with Crippen molar-refractivity contribution in [3.8, 4) is 5.75 Å². The Balaban J connectivity index is 2.41. The molecule has 0 fully saturated rings. The van der Waals surface area contributed by atoms with E-state index in [1.165, 1.54) is 0 Å². The van der Waals surface area contributed by atoms with Crippen LogP contribution in [0.2, 0.25) is 0 Å². The van der Waals surface area contributed by atoms with Crippen molar-refractivity contribution in [3.63, 3.8) is 0 Å². The van der Waals surface area contributed by atoms with E-state index in [9.17, 15) is 14.0 Å². The predicted molar refractivity (Wildman–Crippen MR) is 112 cm³/mol. The van der Waals surface area contributed by atoms with Crippen LogP contribution in [0.5, 0.6) is 5.75 Å². The monoisotopic (exact) mass is 449 g/mol. The smallest absolute Gasteiger partial charge is 0.481 e. The van der Waals surface area contributed by atoms with E-state index in [1.54, 1.807) is 6.08 Å². The summed E-state index contributed by atoms with van der Waals surface area (Å²) < 4.78 is 35.7. The number of allylic oxidation sites excluding steroid dienone is 2. The summed E-state index contributed by atoms with van der Waals surface area (Å²) in [5.41, 5.74) is 2.98. The number of hydrogen-bond acceptors (Lipinski definition) is 6. The van der Waals surface area contributed by atoms with Gasteiger partial charge in [0.05, 0.1) is 18.9 Å². The number of para-hydroxylation sites is 2. The number of anilines is 1. The second-order valence-electron chi connectivity index (χ2n) is 6.26. The summed E-state index contributed by atoms with van der Waals surface area (Å²) in [6, 6.07) is 7.74. The number of benzene rings is 1. The van der Waals surface area contributed by atoms with Crippen molar-refractivity contribution in [2.24, 2.45) is 0 Å². The third kappa shape index (κ3) is 12.0. The van der Waals surface area contributed by atoms with Gasteiger partial charge in [-0.15, -0.1) is 0 Å². The van der Waals surface area contributed by atoms with Gasteiger partial charge in [0.15, 0.2) is 0 Å². The molecule has 0 aliphatic carbocycles. The zero-order valence-electron chi connectivity index (χ0n) is 16.8. The van der Waals surface area contributed by atoms with E-state index < -0.39 is 15.6 Å². The van der Waals surface area contributed by atoms with E-state index in [2.05, 4.69) is 20.2 Å². The highest BCUT2D eigenvalue weighted by Gasteiger charge is 2.31. The quantitative estimate of drug-likeness (QED) is 0.255. The maximum absolute atomic E-state index is 11.3. The summed E-state index contributed by atoms with van der Waals surface area (Å²) in [7, 11) is -9.89. The van der Waals surface area contributed by atoms with Gasteiger partial charge in [0.25, 0.3) is 0 Å². The summed E-state index contributed by atoms with van der Waals surface area (Å²) >= 11 is 0.